The monoisotopic (exact) mass is 368 g/mol. The minimum atomic E-state index is 0.643. The highest BCUT2D eigenvalue weighted by atomic mass is 32.1. The van der Waals surface area contributed by atoms with Gasteiger partial charge in [-0.3, -0.25) is 4.99 Å². The summed E-state index contributed by atoms with van der Waals surface area (Å²) in [5, 5.41) is 6.62. The van der Waals surface area contributed by atoms with E-state index in [9.17, 15) is 0 Å². The van der Waals surface area contributed by atoms with E-state index in [1.165, 1.54) is 0 Å². The third-order valence-corrected chi connectivity index (χ3v) is 5.04. The van der Waals surface area contributed by atoms with Gasteiger partial charge in [0, 0.05) is 19.5 Å². The van der Waals surface area contributed by atoms with Crippen molar-refractivity contribution in [1.29, 1.82) is 0 Å². The van der Waals surface area contributed by atoms with E-state index in [0.29, 0.717) is 13.1 Å². The van der Waals surface area contributed by atoms with Gasteiger partial charge in [0.1, 0.15) is 5.82 Å². The molecule has 0 aliphatic carbocycles. The van der Waals surface area contributed by atoms with E-state index in [0.717, 1.165) is 40.2 Å². The maximum atomic E-state index is 4.58. The smallest absolute Gasteiger partial charge is 0.194 e. The average Bonchev–Trinajstić information content (AvgIpc) is 3.32. The fourth-order valence-corrected chi connectivity index (χ4v) is 3.40. The van der Waals surface area contributed by atoms with Gasteiger partial charge in [-0.1, -0.05) is 37.3 Å². The van der Waals surface area contributed by atoms with Crippen molar-refractivity contribution in [3.05, 3.63) is 58.4 Å². The first kappa shape index (κ1) is 18.1. The molecule has 26 heavy (non-hydrogen) atoms. The molecule has 136 valence electrons. The lowest BCUT2D eigenvalue weighted by molar-refractivity contribution is 0.463. The molecule has 0 aliphatic rings. The second kappa shape index (κ2) is 8.62. The third-order valence-electron chi connectivity index (χ3n) is 4.00. The summed E-state index contributed by atoms with van der Waals surface area (Å²) < 4.78 is 0. The van der Waals surface area contributed by atoms with Gasteiger partial charge in [0.2, 0.25) is 0 Å². The standard InChI is InChI=1S/C19H24N6S/c1-4-18-23-15(13-26-18)10-22-19(20-2)25(3)12-17-21-11-16(24-17)14-8-6-5-7-9-14/h5-9,11,13H,4,10,12H2,1-3H3,(H,20,22)(H,21,24). The quantitative estimate of drug-likeness (QED) is 0.517. The number of guanidine groups is 1. The molecule has 3 rings (SSSR count). The van der Waals surface area contributed by atoms with Gasteiger partial charge in [-0.05, 0) is 12.0 Å². The molecule has 0 amide bonds. The summed E-state index contributed by atoms with van der Waals surface area (Å²) in [5.41, 5.74) is 3.20. The summed E-state index contributed by atoms with van der Waals surface area (Å²) in [7, 11) is 3.79. The number of thiazole rings is 1. The Balaban J connectivity index is 1.59. The van der Waals surface area contributed by atoms with Gasteiger partial charge in [0.25, 0.3) is 0 Å². The van der Waals surface area contributed by atoms with E-state index in [4.69, 9.17) is 0 Å². The van der Waals surface area contributed by atoms with Crippen LogP contribution in [0.5, 0.6) is 0 Å². The predicted octanol–water partition coefficient (Wildman–Crippen LogP) is 3.30. The highest BCUT2D eigenvalue weighted by molar-refractivity contribution is 7.09. The van der Waals surface area contributed by atoms with Crippen molar-refractivity contribution in [2.45, 2.75) is 26.4 Å². The van der Waals surface area contributed by atoms with E-state index < -0.39 is 0 Å². The first-order chi connectivity index (χ1) is 12.7. The molecule has 0 spiro atoms. The number of nitrogens with zero attached hydrogens (tertiary/aromatic N) is 4. The molecule has 0 unspecified atom stereocenters. The molecular formula is C19H24N6S. The number of rotatable bonds is 6. The Morgan fingerprint density at radius 3 is 2.81 bits per heavy atom. The largest absolute Gasteiger partial charge is 0.351 e. The fourth-order valence-electron chi connectivity index (χ4n) is 2.65. The number of aryl methyl sites for hydroxylation is 1. The zero-order chi connectivity index (χ0) is 18.4. The number of hydrogen-bond acceptors (Lipinski definition) is 4. The summed E-state index contributed by atoms with van der Waals surface area (Å²) in [4.78, 5) is 18.8. The van der Waals surface area contributed by atoms with Gasteiger partial charge in [0.15, 0.2) is 5.96 Å². The van der Waals surface area contributed by atoms with Gasteiger partial charge in [-0.15, -0.1) is 11.3 Å². The maximum Gasteiger partial charge on any atom is 0.194 e. The second-order valence-electron chi connectivity index (χ2n) is 5.95. The van der Waals surface area contributed by atoms with E-state index in [2.05, 4.69) is 49.7 Å². The molecule has 3 aromatic rings. The number of H-pyrrole nitrogens is 1. The Hall–Kier alpha value is -2.67. The molecule has 1 aromatic carbocycles. The van der Waals surface area contributed by atoms with Crippen LogP contribution in [0.25, 0.3) is 11.3 Å². The summed E-state index contributed by atoms with van der Waals surface area (Å²) in [6.07, 6.45) is 2.85. The van der Waals surface area contributed by atoms with Crippen molar-refractivity contribution in [1.82, 2.24) is 25.2 Å². The molecule has 0 bridgehead atoms. The molecule has 0 saturated carbocycles. The number of aliphatic imine (C=N–C) groups is 1. The predicted molar refractivity (Wildman–Crippen MR) is 107 cm³/mol. The topological polar surface area (TPSA) is 69.2 Å². The molecule has 7 heteroatoms. The number of nitrogens with one attached hydrogen (secondary N) is 2. The zero-order valence-corrected chi connectivity index (χ0v) is 16.2. The van der Waals surface area contributed by atoms with E-state index in [1.807, 2.05) is 36.3 Å². The lowest BCUT2D eigenvalue weighted by Crippen LogP contribution is -2.38. The van der Waals surface area contributed by atoms with Crippen LogP contribution < -0.4 is 5.32 Å². The van der Waals surface area contributed by atoms with Gasteiger partial charge >= 0.3 is 0 Å². The van der Waals surface area contributed by atoms with Gasteiger partial charge < -0.3 is 15.2 Å². The van der Waals surface area contributed by atoms with E-state index in [-0.39, 0.29) is 0 Å². The Morgan fingerprint density at radius 1 is 1.31 bits per heavy atom. The number of aromatic amines is 1. The first-order valence-electron chi connectivity index (χ1n) is 8.64. The summed E-state index contributed by atoms with van der Waals surface area (Å²) >= 11 is 1.70. The van der Waals surface area contributed by atoms with Crippen molar-refractivity contribution in [3.8, 4) is 11.3 Å². The summed E-state index contributed by atoms with van der Waals surface area (Å²) in [6.45, 7) is 3.43. The number of hydrogen-bond donors (Lipinski definition) is 2. The van der Waals surface area contributed by atoms with Crippen molar-refractivity contribution in [3.63, 3.8) is 0 Å². The van der Waals surface area contributed by atoms with Crippen LogP contribution in [0.15, 0.2) is 46.9 Å². The molecule has 2 N–H and O–H groups in total. The Morgan fingerprint density at radius 2 is 2.12 bits per heavy atom. The lowest BCUT2D eigenvalue weighted by Gasteiger charge is -2.20. The number of benzene rings is 1. The van der Waals surface area contributed by atoms with Crippen molar-refractivity contribution in [2.24, 2.45) is 4.99 Å². The van der Waals surface area contributed by atoms with Crippen LogP contribution in [0.4, 0.5) is 0 Å². The van der Waals surface area contributed by atoms with Crippen molar-refractivity contribution < 1.29 is 0 Å². The van der Waals surface area contributed by atoms with E-state index >= 15 is 0 Å². The van der Waals surface area contributed by atoms with Crippen LogP contribution >= 0.6 is 11.3 Å². The van der Waals surface area contributed by atoms with Crippen molar-refractivity contribution >= 4 is 17.3 Å². The minimum Gasteiger partial charge on any atom is -0.351 e. The Bertz CT molecular complexity index is 852. The average molecular weight is 369 g/mol. The minimum absolute atomic E-state index is 0.643. The maximum absolute atomic E-state index is 4.58. The van der Waals surface area contributed by atoms with E-state index in [1.54, 1.807) is 18.4 Å². The number of imidazole rings is 1. The molecule has 2 aromatic heterocycles. The molecule has 2 heterocycles. The molecule has 6 nitrogen and oxygen atoms in total. The van der Waals surface area contributed by atoms with Gasteiger partial charge in [-0.25, -0.2) is 9.97 Å². The normalized spacial score (nSPS) is 11.6. The third kappa shape index (κ3) is 4.49. The number of aromatic nitrogens is 3. The lowest BCUT2D eigenvalue weighted by atomic mass is 10.2. The van der Waals surface area contributed by atoms with Crippen LogP contribution in [0, 0.1) is 0 Å². The molecule has 0 aliphatic heterocycles. The van der Waals surface area contributed by atoms with Crippen LogP contribution in [-0.2, 0) is 19.5 Å². The summed E-state index contributed by atoms with van der Waals surface area (Å²) in [6, 6.07) is 10.2. The second-order valence-corrected chi connectivity index (χ2v) is 6.90. The van der Waals surface area contributed by atoms with Gasteiger partial charge in [0.05, 0.1) is 35.7 Å². The van der Waals surface area contributed by atoms with Gasteiger partial charge in [-0.2, -0.15) is 0 Å². The van der Waals surface area contributed by atoms with Crippen LogP contribution in [0.1, 0.15) is 23.4 Å². The highest BCUT2D eigenvalue weighted by Crippen LogP contribution is 2.16. The molecule has 0 saturated heterocycles. The van der Waals surface area contributed by atoms with Crippen LogP contribution in [0.3, 0.4) is 0 Å². The van der Waals surface area contributed by atoms with Crippen molar-refractivity contribution in [2.75, 3.05) is 14.1 Å². The molecular weight excluding hydrogens is 344 g/mol. The molecule has 0 atom stereocenters. The summed E-state index contributed by atoms with van der Waals surface area (Å²) in [5.74, 6) is 1.71. The Labute approximate surface area is 158 Å². The first-order valence-corrected chi connectivity index (χ1v) is 9.52. The molecule has 0 fully saturated rings. The highest BCUT2D eigenvalue weighted by Gasteiger charge is 2.10. The molecule has 0 radical (unpaired) electrons. The SMILES string of the molecule is CCc1nc(CNC(=NC)N(C)Cc2ncc(-c3ccccc3)[nH]2)cs1. The zero-order valence-electron chi connectivity index (χ0n) is 15.4. The fraction of sp³-hybridized carbons (Fsp3) is 0.316. The van der Waals surface area contributed by atoms with Crippen LogP contribution in [0.2, 0.25) is 0 Å². The Kier molecular flexibility index (Phi) is 6.01. The van der Waals surface area contributed by atoms with Crippen LogP contribution in [-0.4, -0.2) is 39.9 Å².